The monoisotopic (exact) mass is 284 g/mol. The molecule has 0 bridgehead atoms. The van der Waals surface area contributed by atoms with E-state index >= 15 is 0 Å². The average molecular weight is 284 g/mol. The number of amides is 2. The van der Waals surface area contributed by atoms with Crippen LogP contribution in [0.4, 0.5) is 10.5 Å². The Morgan fingerprint density at radius 2 is 2.16 bits per heavy atom. The van der Waals surface area contributed by atoms with Crippen LogP contribution in [0.15, 0.2) is 16.8 Å². The smallest absolute Gasteiger partial charge is 0.319 e. The highest BCUT2D eigenvalue weighted by Crippen LogP contribution is 2.15. The maximum atomic E-state index is 11.6. The van der Waals surface area contributed by atoms with Gasteiger partial charge in [-0.05, 0) is 29.7 Å². The minimum absolute atomic E-state index is 0.0364. The van der Waals surface area contributed by atoms with Gasteiger partial charge in [0.1, 0.15) is 0 Å². The third-order valence-corrected chi connectivity index (χ3v) is 3.28. The molecule has 5 nitrogen and oxygen atoms in total. The van der Waals surface area contributed by atoms with Crippen LogP contribution in [0.1, 0.15) is 26.7 Å². The predicted molar refractivity (Wildman–Crippen MR) is 76.5 cm³/mol. The zero-order valence-electron chi connectivity index (χ0n) is 11.2. The van der Waals surface area contributed by atoms with Gasteiger partial charge in [-0.1, -0.05) is 13.8 Å². The zero-order valence-corrected chi connectivity index (χ0v) is 12.0. The summed E-state index contributed by atoms with van der Waals surface area (Å²) in [5.74, 6) is -0.456. The van der Waals surface area contributed by atoms with Gasteiger partial charge >= 0.3 is 12.0 Å². The summed E-state index contributed by atoms with van der Waals surface area (Å²) in [6.45, 7) is 4.46. The van der Waals surface area contributed by atoms with E-state index in [2.05, 4.69) is 10.6 Å². The number of carboxylic acid groups (broad SMARTS) is 1. The number of aliphatic carboxylic acids is 1. The molecule has 1 aromatic rings. The first-order valence-corrected chi connectivity index (χ1v) is 7.20. The lowest BCUT2D eigenvalue weighted by Crippen LogP contribution is -2.34. The lowest BCUT2D eigenvalue weighted by atomic mass is 9.94. The van der Waals surface area contributed by atoms with Gasteiger partial charge in [-0.15, -0.1) is 0 Å². The highest BCUT2D eigenvalue weighted by atomic mass is 32.1. The van der Waals surface area contributed by atoms with E-state index in [1.807, 2.05) is 30.7 Å². The Bertz CT molecular complexity index is 404. The summed E-state index contributed by atoms with van der Waals surface area (Å²) in [6, 6.07) is 1.52. The minimum Gasteiger partial charge on any atom is -0.481 e. The number of hydrogen-bond acceptors (Lipinski definition) is 3. The number of rotatable bonds is 7. The van der Waals surface area contributed by atoms with Gasteiger partial charge in [0.2, 0.25) is 0 Å². The Labute approximate surface area is 117 Å². The fraction of sp³-hybridized carbons (Fsp3) is 0.538. The van der Waals surface area contributed by atoms with Crippen molar-refractivity contribution in [3.05, 3.63) is 16.8 Å². The summed E-state index contributed by atoms with van der Waals surface area (Å²) in [5, 5.41) is 18.0. The van der Waals surface area contributed by atoms with Crippen LogP contribution >= 0.6 is 11.3 Å². The number of hydrogen-bond donors (Lipinski definition) is 3. The van der Waals surface area contributed by atoms with Crippen LogP contribution in [0.3, 0.4) is 0 Å². The number of urea groups is 1. The molecule has 3 N–H and O–H groups in total. The lowest BCUT2D eigenvalue weighted by molar-refractivity contribution is -0.138. The molecule has 0 aliphatic carbocycles. The van der Waals surface area contributed by atoms with Crippen molar-refractivity contribution in [2.24, 2.45) is 11.8 Å². The first-order chi connectivity index (χ1) is 8.97. The largest absolute Gasteiger partial charge is 0.481 e. The highest BCUT2D eigenvalue weighted by Gasteiger charge is 2.16. The summed E-state index contributed by atoms with van der Waals surface area (Å²) in [6.07, 6.45) is 0.863. The van der Waals surface area contributed by atoms with Gasteiger partial charge in [0.15, 0.2) is 0 Å². The lowest BCUT2D eigenvalue weighted by Gasteiger charge is -2.17. The Morgan fingerprint density at radius 1 is 1.42 bits per heavy atom. The molecule has 0 aliphatic rings. The molecule has 0 fully saturated rings. The molecule has 1 aromatic heterocycles. The second-order valence-electron chi connectivity index (χ2n) is 4.94. The molecule has 19 heavy (non-hydrogen) atoms. The van der Waals surface area contributed by atoms with Crippen LogP contribution in [0.2, 0.25) is 0 Å². The van der Waals surface area contributed by atoms with Gasteiger partial charge in [0.25, 0.3) is 0 Å². The molecule has 2 amide bonds. The third-order valence-electron chi connectivity index (χ3n) is 2.60. The van der Waals surface area contributed by atoms with Gasteiger partial charge in [0, 0.05) is 18.3 Å². The minimum atomic E-state index is -0.828. The normalized spacial score (nSPS) is 12.2. The molecule has 1 heterocycles. The van der Waals surface area contributed by atoms with E-state index in [1.165, 1.54) is 11.3 Å². The van der Waals surface area contributed by atoms with Crippen molar-refractivity contribution in [1.82, 2.24) is 5.32 Å². The standard InChI is InChI=1S/C13H20N2O3S/c1-9(2)5-10(6-12(16)17)7-14-13(18)15-11-3-4-19-8-11/h3-4,8-10H,5-7H2,1-2H3,(H,16,17)(H2,14,15,18). The molecule has 0 radical (unpaired) electrons. The first-order valence-electron chi connectivity index (χ1n) is 6.26. The van der Waals surface area contributed by atoms with Crippen LogP contribution in [-0.2, 0) is 4.79 Å². The van der Waals surface area contributed by atoms with Crippen molar-refractivity contribution in [2.75, 3.05) is 11.9 Å². The van der Waals surface area contributed by atoms with Gasteiger partial charge < -0.3 is 15.7 Å². The average Bonchev–Trinajstić information content (AvgIpc) is 2.77. The van der Waals surface area contributed by atoms with Crippen molar-refractivity contribution < 1.29 is 14.7 Å². The van der Waals surface area contributed by atoms with E-state index in [-0.39, 0.29) is 18.4 Å². The van der Waals surface area contributed by atoms with Crippen molar-refractivity contribution in [2.45, 2.75) is 26.7 Å². The molecule has 0 saturated carbocycles. The van der Waals surface area contributed by atoms with Crippen LogP contribution in [0.5, 0.6) is 0 Å². The van der Waals surface area contributed by atoms with E-state index in [4.69, 9.17) is 5.11 Å². The number of carbonyl (C=O) groups excluding carboxylic acids is 1. The second kappa shape index (κ2) is 7.78. The summed E-state index contributed by atoms with van der Waals surface area (Å²) in [4.78, 5) is 22.4. The van der Waals surface area contributed by atoms with Gasteiger partial charge in [0.05, 0.1) is 5.69 Å². The molecule has 106 valence electrons. The Kier molecular flexibility index (Phi) is 6.35. The second-order valence-corrected chi connectivity index (χ2v) is 5.72. The van der Waals surface area contributed by atoms with Crippen LogP contribution in [0.25, 0.3) is 0 Å². The molecule has 0 spiro atoms. The molecule has 1 unspecified atom stereocenters. The molecular formula is C13H20N2O3S. The number of nitrogens with one attached hydrogen (secondary N) is 2. The molecule has 6 heteroatoms. The van der Waals surface area contributed by atoms with Crippen molar-refractivity contribution >= 4 is 29.0 Å². The molecule has 0 saturated heterocycles. The van der Waals surface area contributed by atoms with E-state index in [1.54, 1.807) is 0 Å². The summed E-state index contributed by atoms with van der Waals surface area (Å²) in [5.41, 5.74) is 0.751. The Balaban J connectivity index is 2.37. The fourth-order valence-electron chi connectivity index (χ4n) is 1.90. The molecule has 1 rings (SSSR count). The number of anilines is 1. The van der Waals surface area contributed by atoms with Crippen LogP contribution in [-0.4, -0.2) is 23.7 Å². The molecule has 1 atom stereocenters. The summed E-state index contributed by atoms with van der Waals surface area (Å²) >= 11 is 1.50. The highest BCUT2D eigenvalue weighted by molar-refractivity contribution is 7.08. The number of carbonyl (C=O) groups is 2. The molecular weight excluding hydrogens is 264 g/mol. The Morgan fingerprint density at radius 3 is 2.68 bits per heavy atom. The summed E-state index contributed by atoms with van der Waals surface area (Å²) < 4.78 is 0. The predicted octanol–water partition coefficient (Wildman–Crippen LogP) is 3.01. The van der Waals surface area contributed by atoms with Crippen molar-refractivity contribution in [3.63, 3.8) is 0 Å². The number of thiophene rings is 1. The molecule has 0 aliphatic heterocycles. The quantitative estimate of drug-likeness (QED) is 0.720. The van der Waals surface area contributed by atoms with Gasteiger partial charge in [-0.25, -0.2) is 4.79 Å². The van der Waals surface area contributed by atoms with Crippen LogP contribution in [0, 0.1) is 11.8 Å². The van der Waals surface area contributed by atoms with E-state index in [0.717, 1.165) is 12.1 Å². The SMILES string of the molecule is CC(C)CC(CNC(=O)Nc1ccsc1)CC(=O)O. The van der Waals surface area contributed by atoms with E-state index in [9.17, 15) is 9.59 Å². The summed E-state index contributed by atoms with van der Waals surface area (Å²) in [7, 11) is 0. The van der Waals surface area contributed by atoms with E-state index < -0.39 is 5.97 Å². The van der Waals surface area contributed by atoms with Gasteiger partial charge in [-0.2, -0.15) is 11.3 Å². The maximum absolute atomic E-state index is 11.6. The van der Waals surface area contributed by atoms with E-state index in [0.29, 0.717) is 12.5 Å². The number of carboxylic acids is 1. The topological polar surface area (TPSA) is 78.4 Å². The van der Waals surface area contributed by atoms with Crippen molar-refractivity contribution in [3.8, 4) is 0 Å². The fourth-order valence-corrected chi connectivity index (χ4v) is 2.49. The first kappa shape index (κ1) is 15.5. The maximum Gasteiger partial charge on any atom is 0.319 e. The molecule has 0 aromatic carbocycles. The zero-order chi connectivity index (χ0) is 14.3. The third kappa shape index (κ3) is 6.81. The Hall–Kier alpha value is -1.56. The van der Waals surface area contributed by atoms with Crippen molar-refractivity contribution in [1.29, 1.82) is 0 Å². The van der Waals surface area contributed by atoms with Gasteiger partial charge in [-0.3, -0.25) is 4.79 Å². The van der Waals surface area contributed by atoms with Crippen LogP contribution < -0.4 is 10.6 Å².